The maximum atomic E-state index is 13.7. The molecule has 0 atom stereocenters. The Kier molecular flexibility index (Phi) is 5.50. The van der Waals surface area contributed by atoms with Gasteiger partial charge in [0.2, 0.25) is 0 Å². The molecule has 28 heavy (non-hydrogen) atoms. The lowest BCUT2D eigenvalue weighted by molar-refractivity contribution is 0.102. The number of rotatable bonds is 5. The standard InChI is InChI=1S/C20H17FN4O3/c21-17-11-23-7-6-18(17)25-19(26)13-4-5-14(10-24-20(27)28)16(9-13)12-2-1-3-15(22)8-12/h1-9,11,24H,10,22H2,(H,27,28)(H,23,25,26). The number of nitrogens with zero attached hydrogens (tertiary/aromatic N) is 1. The zero-order chi connectivity index (χ0) is 20.1. The molecule has 0 spiro atoms. The second kappa shape index (κ2) is 8.17. The quantitative estimate of drug-likeness (QED) is 0.506. The molecule has 8 heteroatoms. The maximum Gasteiger partial charge on any atom is 0.404 e. The molecule has 3 rings (SSSR count). The largest absolute Gasteiger partial charge is 0.465 e. The highest BCUT2D eigenvalue weighted by atomic mass is 19.1. The van der Waals surface area contributed by atoms with Crippen molar-refractivity contribution in [2.75, 3.05) is 11.1 Å². The molecule has 0 unspecified atom stereocenters. The molecule has 0 radical (unpaired) electrons. The van der Waals surface area contributed by atoms with Gasteiger partial charge in [-0.2, -0.15) is 0 Å². The van der Waals surface area contributed by atoms with Gasteiger partial charge in [-0.15, -0.1) is 0 Å². The molecule has 7 nitrogen and oxygen atoms in total. The number of nitrogen functional groups attached to an aromatic ring is 1. The van der Waals surface area contributed by atoms with Crippen molar-refractivity contribution < 1.29 is 19.1 Å². The van der Waals surface area contributed by atoms with E-state index in [-0.39, 0.29) is 17.8 Å². The fourth-order valence-corrected chi connectivity index (χ4v) is 2.69. The van der Waals surface area contributed by atoms with Crippen molar-refractivity contribution >= 4 is 23.4 Å². The number of aromatic nitrogens is 1. The van der Waals surface area contributed by atoms with E-state index in [0.717, 1.165) is 11.8 Å². The fourth-order valence-electron chi connectivity index (χ4n) is 2.69. The second-order valence-electron chi connectivity index (χ2n) is 5.97. The van der Waals surface area contributed by atoms with Gasteiger partial charge in [0.05, 0.1) is 11.9 Å². The van der Waals surface area contributed by atoms with Gasteiger partial charge in [-0.3, -0.25) is 9.78 Å². The van der Waals surface area contributed by atoms with E-state index in [4.69, 9.17) is 10.8 Å². The predicted octanol–water partition coefficient (Wildman–Crippen LogP) is 3.49. The summed E-state index contributed by atoms with van der Waals surface area (Å²) < 4.78 is 13.7. The maximum absolute atomic E-state index is 13.7. The monoisotopic (exact) mass is 380 g/mol. The number of benzene rings is 2. The molecule has 0 bridgehead atoms. The first-order chi connectivity index (χ1) is 13.4. The lowest BCUT2D eigenvalue weighted by Crippen LogP contribution is -2.20. The molecular formula is C20H17FN4O3. The smallest absolute Gasteiger partial charge is 0.404 e. The van der Waals surface area contributed by atoms with Crippen molar-refractivity contribution in [2.45, 2.75) is 6.54 Å². The van der Waals surface area contributed by atoms with Gasteiger partial charge in [0.1, 0.15) is 0 Å². The molecular weight excluding hydrogens is 363 g/mol. The molecule has 142 valence electrons. The lowest BCUT2D eigenvalue weighted by Gasteiger charge is -2.13. The van der Waals surface area contributed by atoms with Crippen LogP contribution in [0.15, 0.2) is 60.9 Å². The first kappa shape index (κ1) is 18.8. The van der Waals surface area contributed by atoms with Gasteiger partial charge in [0.15, 0.2) is 5.82 Å². The van der Waals surface area contributed by atoms with Crippen LogP contribution in [0.25, 0.3) is 11.1 Å². The summed E-state index contributed by atoms with van der Waals surface area (Å²) in [5.41, 5.74) is 8.72. The average molecular weight is 380 g/mol. The van der Waals surface area contributed by atoms with Gasteiger partial charge >= 0.3 is 6.09 Å². The summed E-state index contributed by atoms with van der Waals surface area (Å²) in [5.74, 6) is -1.15. The van der Waals surface area contributed by atoms with E-state index in [0.29, 0.717) is 16.8 Å². The van der Waals surface area contributed by atoms with Crippen LogP contribution in [0.5, 0.6) is 0 Å². The minimum Gasteiger partial charge on any atom is -0.465 e. The molecule has 2 amide bonds. The molecule has 1 heterocycles. The molecule has 3 aromatic rings. The zero-order valence-electron chi connectivity index (χ0n) is 14.6. The van der Waals surface area contributed by atoms with E-state index in [1.165, 1.54) is 12.3 Å². The van der Waals surface area contributed by atoms with Crippen LogP contribution < -0.4 is 16.4 Å². The van der Waals surface area contributed by atoms with Gasteiger partial charge in [-0.1, -0.05) is 18.2 Å². The Labute approximate surface area is 160 Å². The highest BCUT2D eigenvalue weighted by Crippen LogP contribution is 2.27. The van der Waals surface area contributed by atoms with Crippen LogP contribution in [0.3, 0.4) is 0 Å². The summed E-state index contributed by atoms with van der Waals surface area (Å²) in [7, 11) is 0. The minimum atomic E-state index is -1.16. The molecule has 2 aromatic carbocycles. The summed E-state index contributed by atoms with van der Waals surface area (Å²) in [4.78, 5) is 27.1. The van der Waals surface area contributed by atoms with Crippen LogP contribution >= 0.6 is 0 Å². The van der Waals surface area contributed by atoms with E-state index < -0.39 is 17.8 Å². The summed E-state index contributed by atoms with van der Waals surface area (Å²) in [6.45, 7) is 0.0559. The Hall–Kier alpha value is -3.94. The Morgan fingerprint density at radius 1 is 1.14 bits per heavy atom. The molecule has 0 aliphatic carbocycles. The minimum absolute atomic E-state index is 0.0159. The highest BCUT2D eigenvalue weighted by molar-refractivity contribution is 6.05. The second-order valence-corrected chi connectivity index (χ2v) is 5.97. The average Bonchev–Trinajstić information content (AvgIpc) is 2.68. The van der Waals surface area contributed by atoms with E-state index in [2.05, 4.69) is 15.6 Å². The van der Waals surface area contributed by atoms with Crippen LogP contribution in [0.1, 0.15) is 15.9 Å². The molecule has 0 aliphatic rings. The van der Waals surface area contributed by atoms with Crippen LogP contribution in [-0.4, -0.2) is 22.1 Å². The highest BCUT2D eigenvalue weighted by Gasteiger charge is 2.14. The van der Waals surface area contributed by atoms with Crippen LogP contribution in [0.4, 0.5) is 20.6 Å². The van der Waals surface area contributed by atoms with Crippen LogP contribution in [-0.2, 0) is 6.54 Å². The van der Waals surface area contributed by atoms with E-state index in [9.17, 15) is 14.0 Å². The van der Waals surface area contributed by atoms with Crippen molar-refractivity contribution in [1.82, 2.24) is 10.3 Å². The summed E-state index contributed by atoms with van der Waals surface area (Å²) in [6, 6.07) is 13.2. The third kappa shape index (κ3) is 4.42. The van der Waals surface area contributed by atoms with Crippen molar-refractivity contribution in [3.8, 4) is 11.1 Å². The van der Waals surface area contributed by atoms with Crippen molar-refractivity contribution in [1.29, 1.82) is 0 Å². The van der Waals surface area contributed by atoms with Gasteiger partial charge < -0.3 is 21.5 Å². The molecule has 0 saturated carbocycles. The Balaban J connectivity index is 1.97. The van der Waals surface area contributed by atoms with Gasteiger partial charge in [0, 0.05) is 24.0 Å². The number of carboxylic acid groups (broad SMARTS) is 1. The summed E-state index contributed by atoms with van der Waals surface area (Å²) in [6.07, 6.45) is 1.22. The number of pyridine rings is 1. The number of hydrogen-bond acceptors (Lipinski definition) is 4. The molecule has 0 saturated heterocycles. The Morgan fingerprint density at radius 3 is 2.68 bits per heavy atom. The van der Waals surface area contributed by atoms with Gasteiger partial charge in [-0.25, -0.2) is 9.18 Å². The number of amides is 2. The number of carbonyl (C=O) groups is 2. The third-order valence-electron chi connectivity index (χ3n) is 4.02. The molecule has 0 aliphatic heterocycles. The first-order valence-electron chi connectivity index (χ1n) is 8.30. The predicted molar refractivity (Wildman–Crippen MR) is 103 cm³/mol. The van der Waals surface area contributed by atoms with Crippen molar-refractivity contribution in [3.63, 3.8) is 0 Å². The van der Waals surface area contributed by atoms with Gasteiger partial charge in [0.25, 0.3) is 5.91 Å². The number of nitrogens with two attached hydrogens (primary N) is 1. The topological polar surface area (TPSA) is 117 Å². The number of nitrogens with one attached hydrogen (secondary N) is 2. The number of anilines is 2. The van der Waals surface area contributed by atoms with Gasteiger partial charge in [-0.05, 0) is 47.0 Å². The van der Waals surface area contributed by atoms with Crippen molar-refractivity contribution in [2.24, 2.45) is 0 Å². The molecule has 1 aromatic heterocycles. The van der Waals surface area contributed by atoms with Crippen LogP contribution in [0, 0.1) is 5.82 Å². The first-order valence-corrected chi connectivity index (χ1v) is 8.30. The van der Waals surface area contributed by atoms with Crippen LogP contribution in [0.2, 0.25) is 0 Å². The number of halogens is 1. The molecule has 5 N–H and O–H groups in total. The Bertz CT molecular complexity index is 1040. The lowest BCUT2D eigenvalue weighted by atomic mass is 9.96. The Morgan fingerprint density at radius 2 is 1.96 bits per heavy atom. The van der Waals surface area contributed by atoms with E-state index >= 15 is 0 Å². The summed E-state index contributed by atoms with van der Waals surface area (Å²) >= 11 is 0. The SMILES string of the molecule is Nc1cccc(-c2cc(C(=O)Nc3ccncc3F)ccc2CNC(=O)O)c1. The normalized spacial score (nSPS) is 10.3. The van der Waals surface area contributed by atoms with E-state index in [1.54, 1.807) is 42.5 Å². The van der Waals surface area contributed by atoms with Crippen molar-refractivity contribution in [3.05, 3.63) is 77.9 Å². The number of carbonyl (C=O) groups excluding carboxylic acids is 1. The van der Waals surface area contributed by atoms with E-state index in [1.807, 2.05) is 0 Å². The summed E-state index contributed by atoms with van der Waals surface area (Å²) in [5, 5.41) is 13.7. The zero-order valence-corrected chi connectivity index (χ0v) is 14.6. The molecule has 0 fully saturated rings. The fraction of sp³-hybridized carbons (Fsp3) is 0.0500. The number of hydrogen-bond donors (Lipinski definition) is 4. The third-order valence-corrected chi connectivity index (χ3v) is 4.02.